The van der Waals surface area contributed by atoms with Gasteiger partial charge >= 0.3 is 0 Å². The van der Waals surface area contributed by atoms with E-state index in [-0.39, 0.29) is 0 Å². The quantitative estimate of drug-likeness (QED) is 0.427. The molecule has 0 saturated heterocycles. The summed E-state index contributed by atoms with van der Waals surface area (Å²) in [4.78, 5) is 5.71. The van der Waals surface area contributed by atoms with Crippen molar-refractivity contribution in [1.29, 1.82) is 0 Å². The highest BCUT2D eigenvalue weighted by atomic mass is 16.7. The first-order valence-corrected chi connectivity index (χ1v) is 4.75. The van der Waals surface area contributed by atoms with Crippen molar-refractivity contribution < 1.29 is 9.48 Å². The van der Waals surface area contributed by atoms with Crippen LogP contribution in [0.25, 0.3) is 0 Å². The molecule has 0 spiro atoms. The molecule has 68 valence electrons. The minimum Gasteiger partial charge on any atom is -0.203 e. The Morgan fingerprint density at radius 3 is 1.82 bits per heavy atom. The molecule has 0 aliphatic rings. The van der Waals surface area contributed by atoms with Gasteiger partial charge < -0.3 is 0 Å². The number of nitrogens with zero attached hydrogens (tertiary/aromatic N) is 1. The molecule has 0 aliphatic carbocycles. The van der Waals surface area contributed by atoms with Crippen molar-refractivity contribution in [3.05, 3.63) is 0 Å². The van der Waals surface area contributed by atoms with Crippen molar-refractivity contribution in [3.63, 3.8) is 0 Å². The molecular formula is C9H22NO+. The molecule has 0 aromatic carbocycles. The summed E-state index contributed by atoms with van der Waals surface area (Å²) < 4.78 is 0.826. The predicted molar refractivity (Wildman–Crippen MR) is 48.1 cm³/mol. The van der Waals surface area contributed by atoms with Crippen LogP contribution in [-0.4, -0.2) is 30.9 Å². The second-order valence-electron chi connectivity index (χ2n) is 2.83. The molecule has 0 aromatic rings. The van der Waals surface area contributed by atoms with E-state index in [1.807, 2.05) is 0 Å². The number of rotatable bonds is 6. The zero-order valence-corrected chi connectivity index (χ0v) is 8.39. The zero-order valence-electron chi connectivity index (χ0n) is 8.39. The average molecular weight is 160 g/mol. The van der Waals surface area contributed by atoms with E-state index in [1.165, 1.54) is 6.42 Å². The van der Waals surface area contributed by atoms with Crippen LogP contribution in [0.4, 0.5) is 0 Å². The second kappa shape index (κ2) is 5.56. The van der Waals surface area contributed by atoms with Crippen LogP contribution in [0.3, 0.4) is 0 Å². The van der Waals surface area contributed by atoms with Crippen molar-refractivity contribution in [2.45, 2.75) is 34.1 Å². The van der Waals surface area contributed by atoms with Gasteiger partial charge in [0.25, 0.3) is 0 Å². The summed E-state index contributed by atoms with van der Waals surface area (Å²) in [5.74, 6) is 0. The number of hydroxylamine groups is 3. The van der Waals surface area contributed by atoms with E-state index in [0.29, 0.717) is 0 Å². The summed E-state index contributed by atoms with van der Waals surface area (Å²) in [7, 11) is 0. The summed E-state index contributed by atoms with van der Waals surface area (Å²) in [5, 5.41) is 0. The van der Waals surface area contributed by atoms with Crippen molar-refractivity contribution >= 4 is 0 Å². The fourth-order valence-electron chi connectivity index (χ4n) is 1.47. The third kappa shape index (κ3) is 3.21. The van der Waals surface area contributed by atoms with Crippen LogP contribution >= 0.6 is 0 Å². The summed E-state index contributed by atoms with van der Waals surface area (Å²) >= 11 is 0. The Morgan fingerprint density at radius 2 is 1.55 bits per heavy atom. The molecule has 0 atom stereocenters. The van der Waals surface area contributed by atoms with Crippen LogP contribution in [0.15, 0.2) is 0 Å². The Bertz CT molecular complexity index is 81.6. The molecular weight excluding hydrogens is 138 g/mol. The molecule has 0 radical (unpaired) electrons. The maximum absolute atomic E-state index is 5.71. The SMILES string of the molecule is CCC[N+](CC)(CC)OCC. The first-order chi connectivity index (χ1) is 5.24. The van der Waals surface area contributed by atoms with E-state index >= 15 is 0 Å². The van der Waals surface area contributed by atoms with E-state index in [4.69, 9.17) is 4.84 Å². The fourth-order valence-corrected chi connectivity index (χ4v) is 1.47. The molecule has 0 aromatic heterocycles. The van der Waals surface area contributed by atoms with Crippen molar-refractivity contribution in [2.24, 2.45) is 0 Å². The van der Waals surface area contributed by atoms with Crippen LogP contribution in [0.1, 0.15) is 34.1 Å². The fraction of sp³-hybridized carbons (Fsp3) is 1.00. The molecule has 0 rings (SSSR count). The Kier molecular flexibility index (Phi) is 5.51. The minimum atomic E-state index is 0.821. The molecule has 0 aliphatic heterocycles. The summed E-state index contributed by atoms with van der Waals surface area (Å²) in [5.41, 5.74) is 0. The number of hydrogen-bond donors (Lipinski definition) is 0. The Morgan fingerprint density at radius 1 is 1.00 bits per heavy atom. The normalized spacial score (nSPS) is 12.0. The largest absolute Gasteiger partial charge is 0.203 e. The highest BCUT2D eigenvalue weighted by Crippen LogP contribution is 2.08. The highest BCUT2D eigenvalue weighted by Gasteiger charge is 2.22. The van der Waals surface area contributed by atoms with E-state index in [9.17, 15) is 0 Å². The van der Waals surface area contributed by atoms with Crippen LogP contribution in [0, 0.1) is 0 Å². The first kappa shape index (κ1) is 10.9. The average Bonchev–Trinajstić information content (AvgIpc) is 2.04. The van der Waals surface area contributed by atoms with Gasteiger partial charge in [-0.25, -0.2) is 4.84 Å². The third-order valence-electron chi connectivity index (χ3n) is 2.19. The van der Waals surface area contributed by atoms with Gasteiger partial charge in [-0.1, -0.05) is 6.92 Å². The van der Waals surface area contributed by atoms with Crippen molar-refractivity contribution in [3.8, 4) is 0 Å². The van der Waals surface area contributed by atoms with Gasteiger partial charge in [-0.3, -0.25) is 0 Å². The van der Waals surface area contributed by atoms with E-state index in [2.05, 4.69) is 27.7 Å². The van der Waals surface area contributed by atoms with Gasteiger partial charge in [0, 0.05) is 0 Å². The minimum absolute atomic E-state index is 0.821. The Hall–Kier alpha value is -0.0800. The smallest absolute Gasteiger partial charge is 0.109 e. The molecule has 0 heterocycles. The van der Waals surface area contributed by atoms with Crippen LogP contribution in [0.5, 0.6) is 0 Å². The molecule has 2 nitrogen and oxygen atoms in total. The van der Waals surface area contributed by atoms with Crippen LogP contribution < -0.4 is 0 Å². The molecule has 0 bridgehead atoms. The van der Waals surface area contributed by atoms with Crippen LogP contribution in [0.2, 0.25) is 0 Å². The van der Waals surface area contributed by atoms with Gasteiger partial charge in [-0.2, -0.15) is 4.65 Å². The Labute approximate surface area is 70.7 Å². The van der Waals surface area contributed by atoms with Gasteiger partial charge in [-0.15, -0.1) is 0 Å². The maximum atomic E-state index is 5.71. The van der Waals surface area contributed by atoms with Gasteiger partial charge in [-0.05, 0) is 27.2 Å². The van der Waals surface area contributed by atoms with Gasteiger partial charge in [0.05, 0.1) is 0 Å². The molecule has 0 fully saturated rings. The predicted octanol–water partition coefficient (Wildman–Crippen LogP) is 2.20. The molecule has 0 unspecified atom stereocenters. The summed E-state index contributed by atoms with van der Waals surface area (Å²) in [6, 6.07) is 0. The zero-order chi connectivity index (χ0) is 8.74. The molecule has 0 N–H and O–H groups in total. The van der Waals surface area contributed by atoms with Crippen LogP contribution in [-0.2, 0) is 4.84 Å². The highest BCUT2D eigenvalue weighted by molar-refractivity contribution is 4.28. The maximum Gasteiger partial charge on any atom is 0.109 e. The summed E-state index contributed by atoms with van der Waals surface area (Å²) in [6.07, 6.45) is 1.20. The summed E-state index contributed by atoms with van der Waals surface area (Å²) in [6.45, 7) is 12.8. The Balaban J connectivity index is 3.96. The van der Waals surface area contributed by atoms with Gasteiger partial charge in [0.2, 0.25) is 0 Å². The van der Waals surface area contributed by atoms with Gasteiger partial charge in [0.1, 0.15) is 26.2 Å². The lowest BCUT2D eigenvalue weighted by Gasteiger charge is -2.32. The second-order valence-corrected chi connectivity index (χ2v) is 2.83. The lowest BCUT2D eigenvalue weighted by atomic mass is 10.4. The van der Waals surface area contributed by atoms with Gasteiger partial charge in [0.15, 0.2) is 0 Å². The van der Waals surface area contributed by atoms with E-state index in [0.717, 1.165) is 30.9 Å². The molecule has 0 saturated carbocycles. The van der Waals surface area contributed by atoms with Crippen molar-refractivity contribution in [2.75, 3.05) is 26.2 Å². The standard InChI is InChI=1S/C9H22NO/c1-5-9-10(6-2,7-3)11-8-4/h5-9H2,1-4H3/q+1. The monoisotopic (exact) mass is 160 g/mol. The topological polar surface area (TPSA) is 9.23 Å². The first-order valence-electron chi connectivity index (χ1n) is 4.75. The lowest BCUT2D eigenvalue weighted by molar-refractivity contribution is -1.10. The molecule has 11 heavy (non-hydrogen) atoms. The number of hydrogen-bond acceptors (Lipinski definition) is 1. The van der Waals surface area contributed by atoms with E-state index < -0.39 is 0 Å². The molecule has 0 amide bonds. The molecule has 2 heteroatoms. The van der Waals surface area contributed by atoms with E-state index in [1.54, 1.807) is 0 Å². The number of quaternary nitrogens is 1. The van der Waals surface area contributed by atoms with Crippen molar-refractivity contribution in [1.82, 2.24) is 0 Å². The lowest BCUT2D eigenvalue weighted by Crippen LogP contribution is -2.48. The third-order valence-corrected chi connectivity index (χ3v) is 2.19.